The van der Waals surface area contributed by atoms with Gasteiger partial charge in [-0.2, -0.15) is 0 Å². The minimum Gasteiger partial charge on any atom is -0.342 e. The Hall–Kier alpha value is -0.570. The number of amides is 1. The van der Waals surface area contributed by atoms with Crippen LogP contribution in [0, 0.1) is 11.8 Å². The molecule has 0 unspecified atom stereocenters. The largest absolute Gasteiger partial charge is 0.342 e. The Balaban J connectivity index is 2.00. The van der Waals surface area contributed by atoms with Crippen LogP contribution in [-0.2, 0) is 4.79 Å². The maximum atomic E-state index is 11.7. The van der Waals surface area contributed by atoms with Gasteiger partial charge in [-0.1, -0.05) is 20.3 Å². The summed E-state index contributed by atoms with van der Waals surface area (Å²) < 4.78 is 0. The van der Waals surface area contributed by atoms with Gasteiger partial charge in [-0.25, -0.2) is 0 Å². The molecule has 0 bridgehead atoms. The first-order chi connectivity index (χ1) is 7.65. The van der Waals surface area contributed by atoms with E-state index in [2.05, 4.69) is 19.2 Å². The summed E-state index contributed by atoms with van der Waals surface area (Å²) in [4.78, 5) is 13.8. The predicted molar refractivity (Wildman–Crippen MR) is 67.3 cm³/mol. The van der Waals surface area contributed by atoms with E-state index >= 15 is 0 Å². The summed E-state index contributed by atoms with van der Waals surface area (Å²) in [6, 6.07) is 0. The van der Waals surface area contributed by atoms with Crippen LogP contribution in [0.25, 0.3) is 0 Å². The van der Waals surface area contributed by atoms with Crippen molar-refractivity contribution in [3.63, 3.8) is 0 Å². The molecule has 0 aromatic rings. The second-order valence-electron chi connectivity index (χ2n) is 5.22. The van der Waals surface area contributed by atoms with Crippen LogP contribution in [0.3, 0.4) is 0 Å². The van der Waals surface area contributed by atoms with E-state index in [1.807, 2.05) is 11.9 Å². The van der Waals surface area contributed by atoms with Gasteiger partial charge in [-0.05, 0) is 38.3 Å². The van der Waals surface area contributed by atoms with Crippen molar-refractivity contribution >= 4 is 5.91 Å². The van der Waals surface area contributed by atoms with Crippen LogP contribution in [-0.4, -0.2) is 37.5 Å². The lowest BCUT2D eigenvalue weighted by Crippen LogP contribution is -2.51. The molecule has 94 valence electrons. The van der Waals surface area contributed by atoms with Crippen molar-refractivity contribution in [3.8, 4) is 0 Å². The lowest BCUT2D eigenvalue weighted by atomic mass is 9.88. The van der Waals surface area contributed by atoms with Gasteiger partial charge in [0.15, 0.2) is 0 Å². The number of nitrogens with one attached hydrogen (secondary N) is 1. The minimum absolute atomic E-state index is 0.362. The van der Waals surface area contributed by atoms with Crippen LogP contribution in [0.1, 0.15) is 39.5 Å². The van der Waals surface area contributed by atoms with Gasteiger partial charge >= 0.3 is 0 Å². The van der Waals surface area contributed by atoms with Gasteiger partial charge in [0.05, 0.1) is 0 Å². The molecule has 0 radical (unpaired) electrons. The summed E-state index contributed by atoms with van der Waals surface area (Å²) in [5.41, 5.74) is 0. The van der Waals surface area contributed by atoms with Crippen LogP contribution in [0.5, 0.6) is 0 Å². The van der Waals surface area contributed by atoms with Gasteiger partial charge < -0.3 is 10.2 Å². The highest BCUT2D eigenvalue weighted by Gasteiger charge is 2.31. The topological polar surface area (TPSA) is 32.3 Å². The molecule has 1 fully saturated rings. The molecule has 1 rings (SSSR count). The first kappa shape index (κ1) is 13.5. The molecule has 0 saturated carbocycles. The van der Waals surface area contributed by atoms with Gasteiger partial charge in [-0.15, -0.1) is 0 Å². The quantitative estimate of drug-likeness (QED) is 0.672. The van der Waals surface area contributed by atoms with E-state index in [0.717, 1.165) is 50.7 Å². The average molecular weight is 226 g/mol. The second-order valence-corrected chi connectivity index (χ2v) is 5.22. The average Bonchev–Trinajstić information content (AvgIpc) is 2.14. The zero-order valence-electron chi connectivity index (χ0n) is 11.0. The molecule has 1 amide bonds. The van der Waals surface area contributed by atoms with Crippen molar-refractivity contribution in [2.75, 3.05) is 26.7 Å². The molecule has 1 aliphatic rings. The highest BCUT2D eigenvalue weighted by atomic mass is 16.2. The molecule has 0 spiro atoms. The number of carbonyl (C=O) groups excluding carboxylic acids is 1. The fraction of sp³-hybridized carbons (Fsp3) is 0.923. The Labute approximate surface area is 99.6 Å². The first-order valence-corrected chi connectivity index (χ1v) is 6.57. The smallest absolute Gasteiger partial charge is 0.222 e. The Morgan fingerprint density at radius 2 is 2.00 bits per heavy atom. The van der Waals surface area contributed by atoms with Crippen molar-refractivity contribution in [2.45, 2.75) is 39.5 Å². The van der Waals surface area contributed by atoms with Crippen LogP contribution < -0.4 is 5.32 Å². The Morgan fingerprint density at radius 3 is 2.56 bits per heavy atom. The zero-order chi connectivity index (χ0) is 12.0. The summed E-state index contributed by atoms with van der Waals surface area (Å²) in [5.74, 6) is 1.83. The summed E-state index contributed by atoms with van der Waals surface area (Å²) in [6.45, 7) is 7.53. The molecule has 3 nitrogen and oxygen atoms in total. The summed E-state index contributed by atoms with van der Waals surface area (Å²) >= 11 is 0. The van der Waals surface area contributed by atoms with Gasteiger partial charge in [0.1, 0.15) is 0 Å². The van der Waals surface area contributed by atoms with E-state index in [4.69, 9.17) is 0 Å². The number of nitrogens with zero attached hydrogens (tertiary/aromatic N) is 1. The second kappa shape index (κ2) is 6.89. The minimum atomic E-state index is 0.362. The first-order valence-electron chi connectivity index (χ1n) is 6.57. The van der Waals surface area contributed by atoms with Gasteiger partial charge in [0, 0.05) is 19.5 Å². The predicted octanol–water partition coefficient (Wildman–Crippen LogP) is 1.88. The van der Waals surface area contributed by atoms with E-state index < -0.39 is 0 Å². The molecule has 1 saturated heterocycles. The Kier molecular flexibility index (Phi) is 5.81. The van der Waals surface area contributed by atoms with Gasteiger partial charge in [0.25, 0.3) is 0 Å². The molecule has 1 aliphatic heterocycles. The lowest BCUT2D eigenvalue weighted by Gasteiger charge is -2.41. The van der Waals surface area contributed by atoms with Crippen LogP contribution in [0.2, 0.25) is 0 Å². The van der Waals surface area contributed by atoms with Crippen molar-refractivity contribution in [2.24, 2.45) is 11.8 Å². The van der Waals surface area contributed by atoms with E-state index in [-0.39, 0.29) is 0 Å². The number of unbranched alkanes of at least 4 members (excludes halogenated alkanes) is 2. The van der Waals surface area contributed by atoms with Crippen LogP contribution >= 0.6 is 0 Å². The molecule has 0 aliphatic carbocycles. The lowest BCUT2D eigenvalue weighted by molar-refractivity contribution is -0.138. The van der Waals surface area contributed by atoms with Crippen molar-refractivity contribution in [3.05, 3.63) is 0 Å². The van der Waals surface area contributed by atoms with E-state index in [9.17, 15) is 4.79 Å². The monoisotopic (exact) mass is 226 g/mol. The third kappa shape index (κ3) is 4.12. The summed E-state index contributed by atoms with van der Waals surface area (Å²) in [5, 5.41) is 3.12. The summed E-state index contributed by atoms with van der Waals surface area (Å²) in [6.07, 6.45) is 4.13. The van der Waals surface area contributed by atoms with Crippen LogP contribution in [0.15, 0.2) is 0 Å². The molecular formula is C13H26N2O. The summed E-state index contributed by atoms with van der Waals surface area (Å²) in [7, 11) is 1.97. The van der Waals surface area contributed by atoms with Gasteiger partial charge in [0.2, 0.25) is 5.91 Å². The maximum Gasteiger partial charge on any atom is 0.222 e. The van der Waals surface area contributed by atoms with Crippen molar-refractivity contribution in [1.29, 1.82) is 0 Å². The SMILES string of the molecule is CNCCCCCC(=O)N1CC(C(C)C)C1. The van der Waals surface area contributed by atoms with E-state index in [0.29, 0.717) is 5.91 Å². The standard InChI is InChI=1S/C13H26N2O/c1-11(2)12-9-15(10-12)13(16)7-5-4-6-8-14-3/h11-12,14H,4-10H2,1-3H3. The fourth-order valence-corrected chi connectivity index (χ4v) is 2.05. The zero-order valence-corrected chi connectivity index (χ0v) is 11.0. The van der Waals surface area contributed by atoms with Crippen molar-refractivity contribution < 1.29 is 4.79 Å². The number of carbonyl (C=O) groups is 1. The van der Waals surface area contributed by atoms with Crippen molar-refractivity contribution in [1.82, 2.24) is 10.2 Å². The maximum absolute atomic E-state index is 11.7. The molecule has 3 heteroatoms. The molecule has 0 aromatic heterocycles. The third-order valence-corrected chi connectivity index (χ3v) is 3.52. The van der Waals surface area contributed by atoms with E-state index in [1.165, 1.54) is 6.42 Å². The highest BCUT2D eigenvalue weighted by Crippen LogP contribution is 2.24. The number of likely N-dealkylation sites (tertiary alicyclic amines) is 1. The Morgan fingerprint density at radius 1 is 1.31 bits per heavy atom. The number of hydrogen-bond donors (Lipinski definition) is 1. The molecule has 1 heterocycles. The third-order valence-electron chi connectivity index (χ3n) is 3.52. The fourth-order valence-electron chi connectivity index (χ4n) is 2.05. The van der Waals surface area contributed by atoms with Crippen LogP contribution in [0.4, 0.5) is 0 Å². The highest BCUT2D eigenvalue weighted by molar-refractivity contribution is 5.76. The molecule has 0 aromatic carbocycles. The Bertz CT molecular complexity index is 210. The molecule has 16 heavy (non-hydrogen) atoms. The number of rotatable bonds is 7. The molecular weight excluding hydrogens is 200 g/mol. The normalized spacial score (nSPS) is 16.6. The molecule has 0 atom stereocenters. The van der Waals surface area contributed by atoms with Gasteiger partial charge in [-0.3, -0.25) is 4.79 Å². The molecule has 1 N–H and O–H groups in total. The van der Waals surface area contributed by atoms with E-state index in [1.54, 1.807) is 0 Å². The number of hydrogen-bond acceptors (Lipinski definition) is 2.